The third kappa shape index (κ3) is 5.00. The molecule has 1 aliphatic rings. The first-order chi connectivity index (χ1) is 10.1. The number of unbranched alkanes of at least 4 members (excludes halogenated alkanes) is 1. The maximum Gasteiger partial charge on any atom is 0.459 e. The molecule has 120 valence electrons. The zero-order valence-electron chi connectivity index (χ0n) is 14.8. The van der Waals surface area contributed by atoms with Crippen molar-refractivity contribution in [3.8, 4) is 0 Å². The van der Waals surface area contributed by atoms with Crippen LogP contribution in [0.4, 0.5) is 0 Å². The Labute approximate surface area is 132 Å². The predicted octanol–water partition coefficient (Wildman–Crippen LogP) is 1.91. The number of hydrogen-bond donors (Lipinski definition) is 0. The van der Waals surface area contributed by atoms with E-state index in [0.717, 1.165) is 32.4 Å². The Morgan fingerprint density at radius 2 is 1.19 bits per heavy atom. The van der Waals surface area contributed by atoms with Crippen molar-refractivity contribution < 1.29 is 9.31 Å². The summed E-state index contributed by atoms with van der Waals surface area (Å²) in [6.45, 7) is 8.47. The molecule has 21 heavy (non-hydrogen) atoms. The van der Waals surface area contributed by atoms with Crippen LogP contribution in [0.2, 0.25) is 6.32 Å². The Morgan fingerprint density at radius 3 is 1.57 bits per heavy atom. The van der Waals surface area contributed by atoms with Gasteiger partial charge in [-0.1, -0.05) is 33.6 Å². The van der Waals surface area contributed by atoms with Gasteiger partial charge in [-0.3, -0.25) is 0 Å². The smallest absolute Gasteiger partial charge is 0.409 e. The summed E-state index contributed by atoms with van der Waals surface area (Å²) in [6, 6.07) is 0. The van der Waals surface area contributed by atoms with Gasteiger partial charge < -0.3 is 23.5 Å². The van der Waals surface area contributed by atoms with Crippen LogP contribution in [-0.4, -0.2) is 69.9 Å². The molecule has 1 heterocycles. The van der Waals surface area contributed by atoms with Gasteiger partial charge in [0, 0.05) is 13.2 Å². The number of rotatable bonds is 9. The van der Waals surface area contributed by atoms with Crippen molar-refractivity contribution in [2.75, 3.05) is 34.4 Å². The topological polar surface area (TPSA) is 28.2 Å². The Balaban J connectivity index is 2.82. The van der Waals surface area contributed by atoms with Crippen LogP contribution in [0.3, 0.4) is 0 Å². The molecular formula is C13H32B3N3O2. The van der Waals surface area contributed by atoms with Crippen LogP contribution in [-0.2, 0) is 9.31 Å². The molecular weight excluding hydrogens is 263 g/mol. The minimum atomic E-state index is -0.00939. The maximum absolute atomic E-state index is 6.07. The molecule has 1 fully saturated rings. The maximum atomic E-state index is 6.07. The average Bonchev–Trinajstić information content (AvgIpc) is 2.47. The highest BCUT2D eigenvalue weighted by Gasteiger charge is 2.50. The summed E-state index contributed by atoms with van der Waals surface area (Å²) < 4.78 is 19.0. The van der Waals surface area contributed by atoms with E-state index in [9.17, 15) is 0 Å². The monoisotopic (exact) mass is 295 g/mol. The fourth-order valence-electron chi connectivity index (χ4n) is 2.98. The Kier molecular flexibility index (Phi) is 8.98. The van der Waals surface area contributed by atoms with Crippen LogP contribution in [0.5, 0.6) is 0 Å². The first-order valence-corrected chi connectivity index (χ1v) is 8.47. The van der Waals surface area contributed by atoms with Crippen molar-refractivity contribution in [1.29, 1.82) is 0 Å². The van der Waals surface area contributed by atoms with Crippen LogP contribution >= 0.6 is 0 Å². The molecule has 0 radical (unpaired) electrons. The third-order valence-electron chi connectivity index (χ3n) is 4.09. The van der Waals surface area contributed by atoms with Crippen molar-refractivity contribution in [3.05, 3.63) is 0 Å². The molecule has 0 N–H and O–H groups in total. The van der Waals surface area contributed by atoms with Gasteiger partial charge in [-0.15, -0.1) is 0 Å². The van der Waals surface area contributed by atoms with Crippen LogP contribution in [0.1, 0.15) is 46.5 Å². The van der Waals surface area contributed by atoms with E-state index in [-0.39, 0.29) is 14.4 Å². The lowest BCUT2D eigenvalue weighted by molar-refractivity contribution is 0.216. The summed E-state index contributed by atoms with van der Waals surface area (Å²) in [5, 5.41) is 0. The molecule has 0 aliphatic carbocycles. The van der Waals surface area contributed by atoms with E-state index >= 15 is 0 Å². The summed E-state index contributed by atoms with van der Waals surface area (Å²) in [5.74, 6) is 0. The first-order valence-electron chi connectivity index (χ1n) is 8.47. The zero-order chi connectivity index (χ0) is 15.8. The van der Waals surface area contributed by atoms with Gasteiger partial charge in [0.05, 0.1) is 0 Å². The molecule has 0 aromatic rings. The van der Waals surface area contributed by atoms with E-state index in [1.807, 2.05) is 0 Å². The van der Waals surface area contributed by atoms with Gasteiger partial charge in [0.15, 0.2) is 0 Å². The summed E-state index contributed by atoms with van der Waals surface area (Å²) in [7, 11) is 6.38. The van der Waals surface area contributed by atoms with E-state index < -0.39 is 0 Å². The molecule has 1 saturated heterocycles. The lowest BCUT2D eigenvalue weighted by atomic mass is 9.52. The van der Waals surface area contributed by atoms with Crippen LogP contribution in [0.25, 0.3) is 0 Å². The van der Waals surface area contributed by atoms with Gasteiger partial charge >= 0.3 is 14.4 Å². The molecule has 1 rings (SSSR count). The zero-order valence-corrected chi connectivity index (χ0v) is 14.8. The Hall–Kier alpha value is -0.00519. The van der Waals surface area contributed by atoms with Crippen LogP contribution in [0.15, 0.2) is 0 Å². The largest absolute Gasteiger partial charge is 0.459 e. The van der Waals surface area contributed by atoms with Gasteiger partial charge in [0.25, 0.3) is 6.98 Å². The van der Waals surface area contributed by atoms with Crippen LogP contribution in [0, 0.1) is 0 Å². The lowest BCUT2D eigenvalue weighted by Crippen LogP contribution is -2.76. The Morgan fingerprint density at radius 1 is 0.714 bits per heavy atom. The molecule has 5 nitrogen and oxygen atoms in total. The molecule has 0 aromatic carbocycles. The standard InChI is InChI=1S/C13H32B3N3O2/c1-7-10-11-14-17(4)15(20-12-8-2)19(6)16(18(14)5)21-13-9-3/h7-13H2,1-6H3. The number of nitrogens with zero attached hydrogens (tertiary/aromatic N) is 3. The highest BCUT2D eigenvalue weighted by Crippen LogP contribution is 2.21. The van der Waals surface area contributed by atoms with E-state index in [1.165, 1.54) is 12.8 Å². The molecule has 0 spiro atoms. The van der Waals surface area contributed by atoms with E-state index in [2.05, 4.69) is 56.1 Å². The van der Waals surface area contributed by atoms with Gasteiger partial charge in [0.1, 0.15) is 0 Å². The van der Waals surface area contributed by atoms with Gasteiger partial charge in [-0.25, -0.2) is 0 Å². The molecule has 0 aromatic heterocycles. The molecule has 1 aliphatic heterocycles. The van der Waals surface area contributed by atoms with Gasteiger partial charge in [0.2, 0.25) is 0 Å². The van der Waals surface area contributed by atoms with Crippen molar-refractivity contribution >= 4 is 21.4 Å². The van der Waals surface area contributed by atoms with E-state index in [1.54, 1.807) is 0 Å². The fraction of sp³-hybridized carbons (Fsp3) is 1.00. The summed E-state index contributed by atoms with van der Waals surface area (Å²) in [6.07, 6.45) is 5.66. The van der Waals surface area contributed by atoms with Crippen molar-refractivity contribution in [2.45, 2.75) is 52.8 Å². The second kappa shape index (κ2) is 9.90. The van der Waals surface area contributed by atoms with Crippen molar-refractivity contribution in [1.82, 2.24) is 14.2 Å². The second-order valence-electron chi connectivity index (χ2n) is 6.01. The average molecular weight is 295 g/mol. The minimum absolute atomic E-state index is 0.00939. The molecule has 0 atom stereocenters. The fourth-order valence-corrected chi connectivity index (χ4v) is 2.98. The van der Waals surface area contributed by atoms with Gasteiger partial charge in [-0.05, 0) is 40.3 Å². The van der Waals surface area contributed by atoms with Crippen molar-refractivity contribution in [3.63, 3.8) is 0 Å². The lowest BCUT2D eigenvalue weighted by Gasteiger charge is -2.48. The SMILES string of the molecule is CCCCB1N(C)B(OCCC)N(C)B(OCCC)N1C. The highest BCUT2D eigenvalue weighted by atomic mass is 16.5. The van der Waals surface area contributed by atoms with Crippen molar-refractivity contribution in [2.24, 2.45) is 0 Å². The summed E-state index contributed by atoms with van der Waals surface area (Å²) in [4.78, 5) is 0. The normalized spacial score (nSPS) is 18.9. The third-order valence-corrected chi connectivity index (χ3v) is 4.09. The van der Waals surface area contributed by atoms with E-state index in [4.69, 9.17) is 9.31 Å². The molecule has 0 amide bonds. The second-order valence-corrected chi connectivity index (χ2v) is 6.01. The van der Waals surface area contributed by atoms with Crippen LogP contribution < -0.4 is 0 Å². The summed E-state index contributed by atoms with van der Waals surface area (Å²) >= 11 is 0. The molecule has 0 saturated carbocycles. The predicted molar refractivity (Wildman–Crippen MR) is 92.8 cm³/mol. The first kappa shape index (κ1) is 19.0. The molecule has 0 unspecified atom stereocenters. The number of hydrogen-bond acceptors (Lipinski definition) is 5. The van der Waals surface area contributed by atoms with E-state index in [0.29, 0.717) is 6.98 Å². The summed E-state index contributed by atoms with van der Waals surface area (Å²) in [5.41, 5.74) is 0. The molecule has 8 heteroatoms. The minimum Gasteiger partial charge on any atom is -0.409 e. The van der Waals surface area contributed by atoms with Gasteiger partial charge in [-0.2, -0.15) is 0 Å². The Bertz CT molecular complexity index is 235. The quantitative estimate of drug-likeness (QED) is 0.606. The highest BCUT2D eigenvalue weighted by molar-refractivity contribution is 6.82. The molecule has 0 bridgehead atoms.